The molecule has 0 aliphatic rings. The fraction of sp³-hybridized carbons (Fsp3) is 0.222. The highest BCUT2D eigenvalue weighted by Crippen LogP contribution is 2.25. The van der Waals surface area contributed by atoms with E-state index in [1.807, 2.05) is 0 Å². The van der Waals surface area contributed by atoms with Crippen molar-refractivity contribution < 1.29 is 31.2 Å². The van der Waals surface area contributed by atoms with Crippen LogP contribution in [-0.2, 0) is 29.6 Å². The number of sulfonamides is 2. The van der Waals surface area contributed by atoms with Crippen LogP contribution >= 0.6 is 11.6 Å². The molecule has 10 nitrogen and oxygen atoms in total. The molecule has 1 amide bonds. The van der Waals surface area contributed by atoms with Gasteiger partial charge < -0.3 is 10.1 Å². The van der Waals surface area contributed by atoms with Crippen LogP contribution < -0.4 is 10.5 Å². The van der Waals surface area contributed by atoms with Gasteiger partial charge in [-0.25, -0.2) is 31.1 Å². The standard InChI is InChI=1S/C18H20ClN3O7S2/c1-11(17(23)21-13-5-7-14(8-6-13)30(20,25)26)29-18(24)12-4-9-15(19)16(10-12)31(27,28)22(2)3/h4-11H,1-3H3,(H,21,23)(H2,20,25,26). The zero-order valence-electron chi connectivity index (χ0n) is 16.7. The number of carbonyl (C=O) groups is 2. The number of esters is 1. The van der Waals surface area contributed by atoms with Crippen molar-refractivity contribution in [3.05, 3.63) is 53.1 Å². The Morgan fingerprint density at radius 2 is 1.65 bits per heavy atom. The minimum atomic E-state index is -3.90. The smallest absolute Gasteiger partial charge is 0.338 e. The van der Waals surface area contributed by atoms with Gasteiger partial charge in [0.25, 0.3) is 5.91 Å². The maximum absolute atomic E-state index is 12.4. The highest BCUT2D eigenvalue weighted by atomic mass is 35.5. The lowest BCUT2D eigenvalue weighted by atomic mass is 10.2. The largest absolute Gasteiger partial charge is 0.449 e. The van der Waals surface area contributed by atoms with Gasteiger partial charge in [0.2, 0.25) is 20.0 Å². The van der Waals surface area contributed by atoms with E-state index in [1.54, 1.807) is 0 Å². The Morgan fingerprint density at radius 1 is 1.06 bits per heavy atom. The predicted octanol–water partition coefficient (Wildman–Crippen LogP) is 1.42. The van der Waals surface area contributed by atoms with E-state index in [0.29, 0.717) is 0 Å². The Bertz CT molecular complexity index is 1210. The molecule has 0 fully saturated rings. The first-order chi connectivity index (χ1) is 14.2. The number of nitrogens with zero attached hydrogens (tertiary/aromatic N) is 1. The average Bonchev–Trinajstić information content (AvgIpc) is 2.67. The van der Waals surface area contributed by atoms with Crippen LogP contribution in [0, 0.1) is 0 Å². The summed E-state index contributed by atoms with van der Waals surface area (Å²) in [5, 5.41) is 7.40. The van der Waals surface area contributed by atoms with E-state index in [0.717, 1.165) is 10.4 Å². The van der Waals surface area contributed by atoms with Crippen LogP contribution in [0.3, 0.4) is 0 Å². The van der Waals surface area contributed by atoms with E-state index >= 15 is 0 Å². The summed E-state index contributed by atoms with van der Waals surface area (Å²) in [4.78, 5) is 24.3. The summed E-state index contributed by atoms with van der Waals surface area (Å²) in [6.07, 6.45) is -1.24. The molecule has 0 heterocycles. The summed E-state index contributed by atoms with van der Waals surface area (Å²) in [5.74, 6) is -1.62. The number of rotatable bonds is 7. The number of hydrogen-bond donors (Lipinski definition) is 2. The summed E-state index contributed by atoms with van der Waals surface area (Å²) in [7, 11) is -5.14. The van der Waals surface area contributed by atoms with Crippen molar-refractivity contribution in [2.45, 2.75) is 22.8 Å². The lowest BCUT2D eigenvalue weighted by molar-refractivity contribution is -0.123. The molecule has 2 rings (SSSR count). The van der Waals surface area contributed by atoms with Crippen LogP contribution in [0.5, 0.6) is 0 Å². The van der Waals surface area contributed by atoms with Gasteiger partial charge in [0.1, 0.15) is 4.90 Å². The molecular weight excluding hydrogens is 470 g/mol. The first-order valence-corrected chi connectivity index (χ1v) is 12.0. The molecule has 2 aromatic rings. The summed E-state index contributed by atoms with van der Waals surface area (Å²) in [6.45, 7) is 1.32. The molecule has 0 spiro atoms. The molecular formula is C18H20ClN3O7S2. The molecule has 0 saturated heterocycles. The molecule has 0 aliphatic carbocycles. The zero-order chi connectivity index (χ0) is 23.6. The number of amides is 1. The van der Waals surface area contributed by atoms with Gasteiger partial charge in [0, 0.05) is 19.8 Å². The monoisotopic (exact) mass is 489 g/mol. The van der Waals surface area contributed by atoms with E-state index in [4.69, 9.17) is 21.5 Å². The molecule has 1 atom stereocenters. The number of primary sulfonamides is 1. The van der Waals surface area contributed by atoms with E-state index in [2.05, 4.69) is 5.32 Å². The topological polar surface area (TPSA) is 153 Å². The molecule has 2 aromatic carbocycles. The third-order valence-corrected chi connectivity index (χ3v) is 7.25. The fourth-order valence-electron chi connectivity index (χ4n) is 2.28. The lowest BCUT2D eigenvalue weighted by Crippen LogP contribution is -2.30. The van der Waals surface area contributed by atoms with Crippen LogP contribution in [0.2, 0.25) is 5.02 Å². The first kappa shape index (κ1) is 24.8. The van der Waals surface area contributed by atoms with Crippen molar-refractivity contribution in [2.75, 3.05) is 19.4 Å². The predicted molar refractivity (Wildman–Crippen MR) is 114 cm³/mol. The lowest BCUT2D eigenvalue weighted by Gasteiger charge is -2.16. The molecule has 3 N–H and O–H groups in total. The van der Waals surface area contributed by atoms with Gasteiger partial charge in [-0.15, -0.1) is 0 Å². The molecule has 0 radical (unpaired) electrons. The Morgan fingerprint density at radius 3 is 2.16 bits per heavy atom. The Kier molecular flexibility index (Phi) is 7.44. The highest BCUT2D eigenvalue weighted by molar-refractivity contribution is 7.89. The van der Waals surface area contributed by atoms with Gasteiger partial charge in [0.05, 0.1) is 15.5 Å². The number of hydrogen-bond acceptors (Lipinski definition) is 7. The number of halogens is 1. The third-order valence-electron chi connectivity index (χ3n) is 4.03. The zero-order valence-corrected chi connectivity index (χ0v) is 19.1. The van der Waals surface area contributed by atoms with Gasteiger partial charge in [-0.1, -0.05) is 11.6 Å². The van der Waals surface area contributed by atoms with Gasteiger partial charge >= 0.3 is 5.97 Å². The van der Waals surface area contributed by atoms with Crippen LogP contribution in [0.25, 0.3) is 0 Å². The number of carbonyl (C=O) groups excluding carboxylic acids is 2. The van der Waals surface area contributed by atoms with Crippen LogP contribution in [0.1, 0.15) is 17.3 Å². The Labute approximate surface area is 185 Å². The van der Waals surface area contributed by atoms with E-state index in [9.17, 15) is 26.4 Å². The van der Waals surface area contributed by atoms with Crippen molar-refractivity contribution in [3.63, 3.8) is 0 Å². The average molecular weight is 490 g/mol. The van der Waals surface area contributed by atoms with Crippen LogP contribution in [0.4, 0.5) is 5.69 Å². The second kappa shape index (κ2) is 9.32. The molecule has 0 bridgehead atoms. The maximum atomic E-state index is 12.4. The molecule has 168 valence electrons. The summed E-state index contributed by atoms with van der Waals surface area (Å²) in [5.41, 5.74) is 0.146. The first-order valence-electron chi connectivity index (χ1n) is 8.60. The quantitative estimate of drug-likeness (QED) is 0.557. The number of benzene rings is 2. The van der Waals surface area contributed by atoms with Crippen molar-refractivity contribution in [1.82, 2.24) is 4.31 Å². The van der Waals surface area contributed by atoms with Gasteiger partial charge in [0.15, 0.2) is 6.10 Å². The van der Waals surface area contributed by atoms with Crippen molar-refractivity contribution >= 4 is 49.2 Å². The fourth-order valence-corrected chi connectivity index (χ4v) is 4.19. The summed E-state index contributed by atoms with van der Waals surface area (Å²) in [6, 6.07) is 8.65. The normalized spacial score (nSPS) is 13.0. The molecule has 0 saturated carbocycles. The molecule has 13 heteroatoms. The highest BCUT2D eigenvalue weighted by Gasteiger charge is 2.24. The maximum Gasteiger partial charge on any atom is 0.338 e. The molecule has 1 unspecified atom stereocenters. The van der Waals surface area contributed by atoms with Crippen LogP contribution in [-0.4, -0.2) is 53.2 Å². The number of nitrogens with two attached hydrogens (primary N) is 1. The van der Waals surface area contributed by atoms with Crippen LogP contribution in [0.15, 0.2) is 52.3 Å². The van der Waals surface area contributed by atoms with E-state index in [-0.39, 0.29) is 26.1 Å². The van der Waals surface area contributed by atoms with E-state index < -0.39 is 38.0 Å². The van der Waals surface area contributed by atoms with Gasteiger partial charge in [-0.2, -0.15) is 0 Å². The minimum Gasteiger partial charge on any atom is -0.449 e. The summed E-state index contributed by atoms with van der Waals surface area (Å²) >= 11 is 5.95. The van der Waals surface area contributed by atoms with Crippen molar-refractivity contribution in [3.8, 4) is 0 Å². The molecule has 31 heavy (non-hydrogen) atoms. The van der Waals surface area contributed by atoms with Gasteiger partial charge in [-0.3, -0.25) is 4.79 Å². The number of nitrogens with one attached hydrogen (secondary N) is 1. The number of anilines is 1. The second-order valence-corrected chi connectivity index (χ2v) is 10.6. The van der Waals surface area contributed by atoms with Crippen molar-refractivity contribution in [1.29, 1.82) is 0 Å². The Hall–Kier alpha value is -2.51. The second-order valence-electron chi connectivity index (χ2n) is 6.54. The SMILES string of the molecule is CC(OC(=O)c1ccc(Cl)c(S(=O)(=O)N(C)C)c1)C(=O)Nc1ccc(S(N)(=O)=O)cc1. The Balaban J connectivity index is 2.12. The van der Waals surface area contributed by atoms with E-state index in [1.165, 1.54) is 57.4 Å². The summed E-state index contributed by atoms with van der Waals surface area (Å²) < 4.78 is 53.2. The van der Waals surface area contributed by atoms with Gasteiger partial charge in [-0.05, 0) is 49.4 Å². The third kappa shape index (κ3) is 6.02. The molecule has 0 aromatic heterocycles. The minimum absolute atomic E-state index is 0.0704. The number of ether oxygens (including phenoxy) is 1. The van der Waals surface area contributed by atoms with Crippen molar-refractivity contribution in [2.24, 2.45) is 5.14 Å². The molecule has 0 aliphatic heterocycles.